The van der Waals surface area contributed by atoms with Gasteiger partial charge in [0.25, 0.3) is 5.91 Å². The van der Waals surface area contributed by atoms with E-state index in [9.17, 15) is 9.59 Å². The van der Waals surface area contributed by atoms with E-state index in [1.54, 1.807) is 11.6 Å². The van der Waals surface area contributed by atoms with Crippen LogP contribution in [0.4, 0.5) is 0 Å². The standard InChI is InChI=1S/C27H33N3O4/c1-27(2,3)26(32)34-17-16-30(15-14-22-18-28-24-7-5-4-6-23(22)24)19-21-10-8-20(9-11-21)12-13-25(31)29-33/h4-13,18,28,33H,14-17,19H2,1-3H3,(H,29,31)/b13-12+. The average molecular weight is 464 g/mol. The molecule has 0 fully saturated rings. The smallest absolute Gasteiger partial charge is 0.311 e. The van der Waals surface area contributed by atoms with Crippen LogP contribution < -0.4 is 5.48 Å². The second-order valence-corrected chi connectivity index (χ2v) is 9.32. The normalized spacial score (nSPS) is 11.9. The number of rotatable bonds is 10. The lowest BCUT2D eigenvalue weighted by atomic mass is 9.97. The molecule has 3 aromatic rings. The number of hydroxylamine groups is 1. The number of hydrogen-bond donors (Lipinski definition) is 3. The Morgan fingerprint density at radius 3 is 2.53 bits per heavy atom. The molecule has 180 valence electrons. The van der Waals surface area contributed by atoms with Gasteiger partial charge >= 0.3 is 5.97 Å². The van der Waals surface area contributed by atoms with Crippen LogP contribution >= 0.6 is 0 Å². The zero-order chi connectivity index (χ0) is 24.6. The first-order valence-electron chi connectivity index (χ1n) is 11.4. The Morgan fingerprint density at radius 1 is 1.09 bits per heavy atom. The molecule has 2 aromatic carbocycles. The van der Waals surface area contributed by atoms with Crippen LogP contribution in [0.3, 0.4) is 0 Å². The van der Waals surface area contributed by atoms with Gasteiger partial charge in [-0.2, -0.15) is 0 Å². The van der Waals surface area contributed by atoms with Gasteiger partial charge in [0.2, 0.25) is 0 Å². The Bertz CT molecular complexity index is 1130. The summed E-state index contributed by atoms with van der Waals surface area (Å²) in [5.74, 6) is -0.774. The summed E-state index contributed by atoms with van der Waals surface area (Å²) < 4.78 is 5.51. The molecule has 0 aliphatic rings. The summed E-state index contributed by atoms with van der Waals surface area (Å²) in [6, 6.07) is 16.1. The van der Waals surface area contributed by atoms with E-state index in [1.165, 1.54) is 17.0 Å². The number of aromatic amines is 1. The van der Waals surface area contributed by atoms with Crippen LogP contribution in [-0.2, 0) is 27.3 Å². The number of nitrogens with one attached hydrogen (secondary N) is 2. The number of H-pyrrole nitrogens is 1. The molecular weight excluding hydrogens is 430 g/mol. The molecule has 1 amide bonds. The quantitative estimate of drug-likeness (QED) is 0.180. The molecule has 7 nitrogen and oxygen atoms in total. The van der Waals surface area contributed by atoms with E-state index in [4.69, 9.17) is 9.94 Å². The van der Waals surface area contributed by atoms with Crippen LogP contribution in [-0.4, -0.2) is 46.7 Å². The monoisotopic (exact) mass is 463 g/mol. The highest BCUT2D eigenvalue weighted by atomic mass is 16.5. The van der Waals surface area contributed by atoms with E-state index < -0.39 is 11.3 Å². The molecule has 3 rings (SSSR count). The minimum Gasteiger partial charge on any atom is -0.464 e. The maximum atomic E-state index is 12.2. The number of carbonyl (C=O) groups excluding carboxylic acids is 2. The van der Waals surface area contributed by atoms with Gasteiger partial charge in [-0.05, 0) is 56.0 Å². The van der Waals surface area contributed by atoms with Crippen molar-refractivity contribution in [2.24, 2.45) is 5.41 Å². The fourth-order valence-corrected chi connectivity index (χ4v) is 3.57. The summed E-state index contributed by atoms with van der Waals surface area (Å²) in [7, 11) is 0. The number of para-hydroxylation sites is 1. The predicted octanol–water partition coefficient (Wildman–Crippen LogP) is 4.32. The molecule has 0 radical (unpaired) electrons. The third-order valence-corrected chi connectivity index (χ3v) is 5.55. The molecule has 0 unspecified atom stereocenters. The molecule has 0 saturated carbocycles. The van der Waals surface area contributed by atoms with Crippen molar-refractivity contribution >= 4 is 28.9 Å². The molecule has 1 aromatic heterocycles. The van der Waals surface area contributed by atoms with Crippen LogP contribution in [0.2, 0.25) is 0 Å². The highest BCUT2D eigenvalue weighted by molar-refractivity contribution is 5.90. The van der Waals surface area contributed by atoms with Gasteiger partial charge in [-0.1, -0.05) is 42.5 Å². The number of fused-ring (bicyclic) bond motifs is 1. The zero-order valence-electron chi connectivity index (χ0n) is 20.0. The van der Waals surface area contributed by atoms with Crippen LogP contribution in [0.5, 0.6) is 0 Å². The van der Waals surface area contributed by atoms with Crippen molar-refractivity contribution in [1.29, 1.82) is 0 Å². The van der Waals surface area contributed by atoms with E-state index in [2.05, 4.69) is 28.2 Å². The minimum atomic E-state index is -0.572. The third kappa shape index (κ3) is 7.30. The number of esters is 1. The number of aromatic nitrogens is 1. The zero-order valence-corrected chi connectivity index (χ0v) is 20.0. The summed E-state index contributed by atoms with van der Waals surface area (Å²) in [5.41, 5.74) is 5.41. The second-order valence-electron chi connectivity index (χ2n) is 9.32. The van der Waals surface area contributed by atoms with Crippen molar-refractivity contribution in [3.05, 3.63) is 77.5 Å². The van der Waals surface area contributed by atoms with Crippen LogP contribution in [0.25, 0.3) is 17.0 Å². The van der Waals surface area contributed by atoms with E-state index in [0.29, 0.717) is 19.7 Å². The first-order valence-corrected chi connectivity index (χ1v) is 11.4. The van der Waals surface area contributed by atoms with Gasteiger partial charge in [0.05, 0.1) is 5.41 Å². The molecule has 0 spiro atoms. The molecular formula is C27H33N3O4. The maximum absolute atomic E-state index is 12.2. The second kappa shape index (κ2) is 11.6. The van der Waals surface area contributed by atoms with Crippen LogP contribution in [0.1, 0.15) is 37.5 Å². The average Bonchev–Trinajstić information content (AvgIpc) is 3.24. The summed E-state index contributed by atoms with van der Waals surface area (Å²) in [6.07, 6.45) is 5.84. The third-order valence-electron chi connectivity index (χ3n) is 5.55. The fraction of sp³-hybridized carbons (Fsp3) is 0.333. The van der Waals surface area contributed by atoms with Gasteiger partial charge in [-0.3, -0.25) is 19.7 Å². The van der Waals surface area contributed by atoms with Crippen molar-refractivity contribution < 1.29 is 19.5 Å². The molecule has 34 heavy (non-hydrogen) atoms. The number of hydrogen-bond acceptors (Lipinski definition) is 5. The lowest BCUT2D eigenvalue weighted by molar-refractivity contribution is -0.153. The molecule has 0 aliphatic heterocycles. The van der Waals surface area contributed by atoms with Crippen molar-refractivity contribution in [2.45, 2.75) is 33.7 Å². The van der Waals surface area contributed by atoms with Crippen molar-refractivity contribution in [3.63, 3.8) is 0 Å². The van der Waals surface area contributed by atoms with Gasteiger partial charge in [-0.15, -0.1) is 0 Å². The number of carbonyl (C=O) groups is 2. The summed E-state index contributed by atoms with van der Waals surface area (Å²) in [4.78, 5) is 28.9. The Morgan fingerprint density at radius 2 is 1.82 bits per heavy atom. The van der Waals surface area contributed by atoms with Gasteiger partial charge in [0, 0.05) is 42.8 Å². The van der Waals surface area contributed by atoms with Crippen LogP contribution in [0.15, 0.2) is 60.8 Å². The number of nitrogens with zero attached hydrogens (tertiary/aromatic N) is 1. The number of benzene rings is 2. The molecule has 3 N–H and O–H groups in total. The fourth-order valence-electron chi connectivity index (χ4n) is 3.57. The Labute approximate surface area is 200 Å². The van der Waals surface area contributed by atoms with Gasteiger partial charge in [-0.25, -0.2) is 5.48 Å². The molecule has 7 heteroatoms. The molecule has 0 saturated heterocycles. The predicted molar refractivity (Wildman–Crippen MR) is 133 cm³/mol. The van der Waals surface area contributed by atoms with E-state index in [0.717, 1.165) is 29.6 Å². The van der Waals surface area contributed by atoms with E-state index >= 15 is 0 Å². The van der Waals surface area contributed by atoms with Crippen molar-refractivity contribution in [3.8, 4) is 0 Å². The van der Waals surface area contributed by atoms with Crippen molar-refractivity contribution in [1.82, 2.24) is 15.4 Å². The lowest BCUT2D eigenvalue weighted by Crippen LogP contribution is -2.32. The van der Waals surface area contributed by atoms with E-state index in [1.807, 2.05) is 57.2 Å². The van der Waals surface area contributed by atoms with Crippen molar-refractivity contribution in [2.75, 3.05) is 19.7 Å². The van der Waals surface area contributed by atoms with Gasteiger partial charge in [0.15, 0.2) is 0 Å². The Kier molecular flexibility index (Phi) is 8.62. The highest BCUT2D eigenvalue weighted by Gasteiger charge is 2.23. The highest BCUT2D eigenvalue weighted by Crippen LogP contribution is 2.19. The van der Waals surface area contributed by atoms with E-state index in [-0.39, 0.29) is 5.97 Å². The molecule has 0 bridgehead atoms. The lowest BCUT2D eigenvalue weighted by Gasteiger charge is -2.24. The molecule has 0 atom stereocenters. The topological polar surface area (TPSA) is 94.7 Å². The SMILES string of the molecule is CC(C)(C)C(=O)OCCN(CCc1c[nH]c2ccccc12)Cc1ccc(/C=C/C(=O)NO)cc1. The largest absolute Gasteiger partial charge is 0.464 e. The number of amides is 1. The van der Waals surface area contributed by atoms with Gasteiger partial charge < -0.3 is 9.72 Å². The first kappa shape index (κ1) is 25.2. The summed E-state index contributed by atoms with van der Waals surface area (Å²) in [5, 5.41) is 9.82. The first-order chi connectivity index (χ1) is 16.3. The molecule has 1 heterocycles. The Balaban J connectivity index is 1.66. The summed E-state index contributed by atoms with van der Waals surface area (Å²) >= 11 is 0. The minimum absolute atomic E-state index is 0.202. The Hall–Kier alpha value is -3.42. The number of ether oxygens (including phenoxy) is 1. The summed E-state index contributed by atoms with van der Waals surface area (Å²) in [6.45, 7) is 8.03. The maximum Gasteiger partial charge on any atom is 0.311 e. The van der Waals surface area contributed by atoms with Gasteiger partial charge in [0.1, 0.15) is 6.61 Å². The van der Waals surface area contributed by atoms with Crippen LogP contribution in [0, 0.1) is 5.41 Å². The molecule has 0 aliphatic carbocycles.